The van der Waals surface area contributed by atoms with Gasteiger partial charge in [-0.3, -0.25) is 9.69 Å². The van der Waals surface area contributed by atoms with Gasteiger partial charge in [-0.2, -0.15) is 4.37 Å². The number of hydrogen-bond donors (Lipinski definition) is 1. The molecule has 1 N–H and O–H groups in total. The monoisotopic (exact) mass is 419 g/mol. The fraction of sp³-hybridized carbons (Fsp3) is 0.300. The van der Waals surface area contributed by atoms with Crippen LogP contribution in [-0.2, 0) is 11.3 Å². The third-order valence-corrected chi connectivity index (χ3v) is 6.27. The van der Waals surface area contributed by atoms with Crippen LogP contribution in [0.1, 0.15) is 18.4 Å². The van der Waals surface area contributed by atoms with Gasteiger partial charge < -0.3 is 5.32 Å². The summed E-state index contributed by atoms with van der Waals surface area (Å²) in [6.07, 6.45) is 3.73. The highest BCUT2D eigenvalue weighted by Crippen LogP contribution is 2.26. The van der Waals surface area contributed by atoms with Crippen molar-refractivity contribution in [1.82, 2.24) is 9.27 Å². The highest BCUT2D eigenvalue weighted by molar-refractivity contribution is 7.13. The summed E-state index contributed by atoms with van der Waals surface area (Å²) in [7, 11) is 0. The highest BCUT2D eigenvalue weighted by atomic mass is 35.5. The van der Waals surface area contributed by atoms with Crippen molar-refractivity contribution in [3.05, 3.63) is 58.2 Å². The maximum Gasteiger partial charge on any atom is 0.228 e. The molecule has 0 unspecified atom stereocenters. The number of carbonyl (C=O) groups excluding carboxylic acids is 1. The molecular weight excluding hydrogens is 401 g/mol. The van der Waals surface area contributed by atoms with Crippen molar-refractivity contribution in [3.8, 4) is 0 Å². The summed E-state index contributed by atoms with van der Waals surface area (Å²) in [6, 6.07) is 11.5. The van der Waals surface area contributed by atoms with Crippen LogP contribution in [0.4, 0.5) is 5.69 Å². The summed E-state index contributed by atoms with van der Waals surface area (Å²) >= 11 is 13.7. The third-order valence-electron chi connectivity index (χ3n) is 4.91. The second-order valence-electron chi connectivity index (χ2n) is 6.88. The molecule has 0 saturated carbocycles. The number of benzene rings is 2. The number of anilines is 1. The van der Waals surface area contributed by atoms with Crippen LogP contribution in [0.15, 0.2) is 42.6 Å². The van der Waals surface area contributed by atoms with Gasteiger partial charge in [-0.05, 0) is 66.8 Å². The lowest BCUT2D eigenvalue weighted by Crippen LogP contribution is -2.40. The van der Waals surface area contributed by atoms with E-state index in [-0.39, 0.29) is 11.8 Å². The van der Waals surface area contributed by atoms with E-state index in [4.69, 9.17) is 23.2 Å². The molecule has 1 saturated heterocycles. The molecular formula is C20H19Cl2N3OS. The van der Waals surface area contributed by atoms with Crippen molar-refractivity contribution >= 4 is 56.4 Å². The maximum atomic E-state index is 12.8. The quantitative estimate of drug-likeness (QED) is 0.610. The summed E-state index contributed by atoms with van der Waals surface area (Å²) in [6.45, 7) is 2.43. The van der Waals surface area contributed by atoms with Crippen LogP contribution >= 0.6 is 34.7 Å². The van der Waals surface area contributed by atoms with Crippen molar-refractivity contribution < 1.29 is 4.79 Å². The molecule has 1 amide bonds. The zero-order chi connectivity index (χ0) is 18.8. The van der Waals surface area contributed by atoms with Gasteiger partial charge in [0.25, 0.3) is 0 Å². The SMILES string of the molecule is O=C(Nc1ccc2sncc2c1)[C@@H]1CCCN(Cc2ccc(Cl)cc2Cl)C1. The number of likely N-dealkylation sites (tertiary alicyclic amines) is 1. The van der Waals surface area contributed by atoms with Gasteiger partial charge in [0.05, 0.1) is 10.6 Å². The second-order valence-corrected chi connectivity index (χ2v) is 8.55. The summed E-state index contributed by atoms with van der Waals surface area (Å²) in [5.41, 5.74) is 1.86. The predicted octanol–water partition coefficient (Wildman–Crippen LogP) is 5.45. The molecule has 27 heavy (non-hydrogen) atoms. The molecule has 4 rings (SSSR count). The van der Waals surface area contributed by atoms with E-state index in [1.54, 1.807) is 6.07 Å². The lowest BCUT2D eigenvalue weighted by molar-refractivity contribution is -0.121. The van der Waals surface area contributed by atoms with Crippen molar-refractivity contribution in [2.24, 2.45) is 5.92 Å². The lowest BCUT2D eigenvalue weighted by Gasteiger charge is -2.32. The zero-order valence-electron chi connectivity index (χ0n) is 14.6. The van der Waals surface area contributed by atoms with Gasteiger partial charge in [0.2, 0.25) is 5.91 Å². The molecule has 0 spiro atoms. The Morgan fingerprint density at radius 2 is 2.15 bits per heavy atom. The van der Waals surface area contributed by atoms with Gasteiger partial charge in [-0.1, -0.05) is 29.3 Å². The Kier molecular flexibility index (Phi) is 5.64. The molecule has 2 heterocycles. The third kappa shape index (κ3) is 4.43. The summed E-state index contributed by atoms with van der Waals surface area (Å²) in [5, 5.41) is 5.43. The number of nitrogens with one attached hydrogen (secondary N) is 1. The van der Waals surface area contributed by atoms with Crippen LogP contribution in [0.25, 0.3) is 10.1 Å². The van der Waals surface area contributed by atoms with Gasteiger partial charge in [-0.25, -0.2) is 0 Å². The number of rotatable bonds is 4. The molecule has 140 valence electrons. The maximum absolute atomic E-state index is 12.8. The number of nitrogens with zero attached hydrogens (tertiary/aromatic N) is 2. The van der Waals surface area contributed by atoms with Crippen molar-refractivity contribution in [1.29, 1.82) is 0 Å². The first-order chi connectivity index (χ1) is 13.1. The van der Waals surface area contributed by atoms with Crippen LogP contribution in [0.5, 0.6) is 0 Å². The molecule has 4 nitrogen and oxygen atoms in total. The van der Waals surface area contributed by atoms with E-state index < -0.39 is 0 Å². The van der Waals surface area contributed by atoms with Crippen LogP contribution in [0.3, 0.4) is 0 Å². The lowest BCUT2D eigenvalue weighted by atomic mass is 9.96. The summed E-state index contributed by atoms with van der Waals surface area (Å²) < 4.78 is 5.30. The van der Waals surface area contributed by atoms with Crippen LogP contribution in [0.2, 0.25) is 10.0 Å². The van der Waals surface area contributed by atoms with Gasteiger partial charge in [0.15, 0.2) is 0 Å². The standard InChI is InChI=1S/C20H19Cl2N3OS/c21-16-4-3-13(18(22)9-16)11-25-7-1-2-14(12-25)20(26)24-17-5-6-19-15(8-17)10-23-27-19/h3-6,8-10,14H,1-2,7,11-12H2,(H,24,26)/t14-/m1/s1. The number of aromatic nitrogens is 1. The normalized spacial score (nSPS) is 17.9. The molecule has 2 aromatic carbocycles. The largest absolute Gasteiger partial charge is 0.326 e. The number of hydrogen-bond acceptors (Lipinski definition) is 4. The number of carbonyl (C=O) groups is 1. The van der Waals surface area contributed by atoms with E-state index in [0.29, 0.717) is 10.0 Å². The van der Waals surface area contributed by atoms with Crippen LogP contribution in [0, 0.1) is 5.92 Å². The molecule has 0 bridgehead atoms. The minimum absolute atomic E-state index is 0.0267. The summed E-state index contributed by atoms with van der Waals surface area (Å²) in [5.74, 6) is 0.0468. The minimum Gasteiger partial charge on any atom is -0.326 e. The van der Waals surface area contributed by atoms with Crippen molar-refractivity contribution in [2.75, 3.05) is 18.4 Å². The van der Waals surface area contributed by atoms with Gasteiger partial charge in [0.1, 0.15) is 0 Å². The Hall–Kier alpha value is -1.66. The predicted molar refractivity (Wildman–Crippen MR) is 113 cm³/mol. The Bertz CT molecular complexity index is 975. The van der Waals surface area contributed by atoms with E-state index in [0.717, 1.165) is 53.8 Å². The van der Waals surface area contributed by atoms with Gasteiger partial charge >= 0.3 is 0 Å². The first-order valence-electron chi connectivity index (χ1n) is 8.90. The highest BCUT2D eigenvalue weighted by Gasteiger charge is 2.26. The minimum atomic E-state index is -0.0267. The van der Waals surface area contributed by atoms with E-state index in [1.807, 2.05) is 36.5 Å². The molecule has 3 aromatic rings. The van der Waals surface area contributed by atoms with E-state index >= 15 is 0 Å². The van der Waals surface area contributed by atoms with E-state index in [9.17, 15) is 4.79 Å². The number of amides is 1. The topological polar surface area (TPSA) is 45.2 Å². The van der Waals surface area contributed by atoms with Crippen LogP contribution < -0.4 is 5.32 Å². The Morgan fingerprint density at radius 1 is 1.26 bits per heavy atom. The fourth-order valence-electron chi connectivity index (χ4n) is 3.50. The molecule has 1 aromatic heterocycles. The molecule has 1 atom stereocenters. The number of halogens is 2. The Labute approximate surface area is 172 Å². The number of piperidine rings is 1. The first kappa shape index (κ1) is 18.7. The Morgan fingerprint density at radius 3 is 3.00 bits per heavy atom. The smallest absolute Gasteiger partial charge is 0.228 e. The summed E-state index contributed by atoms with van der Waals surface area (Å²) in [4.78, 5) is 15.0. The van der Waals surface area contributed by atoms with E-state index in [1.165, 1.54) is 11.5 Å². The zero-order valence-corrected chi connectivity index (χ0v) is 16.9. The molecule has 0 aliphatic carbocycles. The average Bonchev–Trinajstić information content (AvgIpc) is 3.12. The average molecular weight is 420 g/mol. The Balaban J connectivity index is 1.40. The molecule has 1 fully saturated rings. The molecule has 7 heteroatoms. The van der Waals surface area contributed by atoms with E-state index in [2.05, 4.69) is 14.6 Å². The second kappa shape index (κ2) is 8.15. The fourth-order valence-corrected chi connectivity index (χ4v) is 4.59. The van der Waals surface area contributed by atoms with Gasteiger partial charge in [0, 0.05) is 40.4 Å². The van der Waals surface area contributed by atoms with Crippen molar-refractivity contribution in [2.45, 2.75) is 19.4 Å². The molecule has 0 radical (unpaired) electrons. The first-order valence-corrected chi connectivity index (χ1v) is 10.4. The van der Waals surface area contributed by atoms with Gasteiger partial charge in [-0.15, -0.1) is 0 Å². The molecule has 1 aliphatic heterocycles. The molecule has 1 aliphatic rings. The van der Waals surface area contributed by atoms with Crippen molar-refractivity contribution in [3.63, 3.8) is 0 Å². The number of fused-ring (bicyclic) bond motifs is 1. The van der Waals surface area contributed by atoms with Crippen LogP contribution in [-0.4, -0.2) is 28.3 Å².